The maximum atomic E-state index is 6.19. The summed E-state index contributed by atoms with van der Waals surface area (Å²) in [6.45, 7) is 3.99. The maximum absolute atomic E-state index is 6.19. The van der Waals surface area contributed by atoms with Gasteiger partial charge in [-0.1, -0.05) is 18.5 Å². The fourth-order valence-electron chi connectivity index (χ4n) is 2.01. The van der Waals surface area contributed by atoms with E-state index >= 15 is 0 Å². The molecule has 0 fully saturated rings. The summed E-state index contributed by atoms with van der Waals surface area (Å²) in [5.41, 5.74) is 8.06. The molecule has 1 unspecified atom stereocenters. The van der Waals surface area contributed by atoms with Crippen LogP contribution in [0.1, 0.15) is 35.7 Å². The summed E-state index contributed by atoms with van der Waals surface area (Å²) in [4.78, 5) is 0. The Morgan fingerprint density at radius 3 is 2.72 bits per heavy atom. The fourth-order valence-corrected chi connectivity index (χ4v) is 2.26. The third-order valence-electron chi connectivity index (χ3n) is 3.09. The molecule has 2 heterocycles. The molecule has 0 radical (unpaired) electrons. The Balaban J connectivity index is 2.18. The van der Waals surface area contributed by atoms with Gasteiger partial charge in [0.15, 0.2) is 0 Å². The number of hydrogen-bond donors (Lipinski definition) is 1. The Bertz CT molecular complexity index is 544. The Morgan fingerprint density at radius 2 is 2.22 bits per heavy atom. The average molecular weight is 268 g/mol. The molecule has 98 valence electrons. The summed E-state index contributed by atoms with van der Waals surface area (Å²) in [5, 5.41) is 4.92. The van der Waals surface area contributed by atoms with E-state index in [0.29, 0.717) is 11.6 Å². The van der Waals surface area contributed by atoms with Crippen molar-refractivity contribution in [2.24, 2.45) is 12.8 Å². The SMILES string of the molecule is CCc1ccc(C(N)Cc2c(C)nn(C)c2Cl)o1. The molecule has 0 aliphatic heterocycles. The van der Waals surface area contributed by atoms with Crippen molar-refractivity contribution in [2.45, 2.75) is 32.7 Å². The second kappa shape index (κ2) is 5.16. The van der Waals surface area contributed by atoms with Gasteiger partial charge in [-0.05, 0) is 25.5 Å². The molecule has 2 N–H and O–H groups in total. The third-order valence-corrected chi connectivity index (χ3v) is 3.56. The van der Waals surface area contributed by atoms with Crippen LogP contribution in [-0.2, 0) is 19.9 Å². The molecule has 0 aliphatic rings. The molecule has 4 nitrogen and oxygen atoms in total. The molecule has 5 heteroatoms. The first-order chi connectivity index (χ1) is 8.52. The van der Waals surface area contributed by atoms with Crippen LogP contribution in [0, 0.1) is 6.92 Å². The van der Waals surface area contributed by atoms with Crippen molar-refractivity contribution < 1.29 is 4.42 Å². The van der Waals surface area contributed by atoms with Gasteiger partial charge in [0.25, 0.3) is 0 Å². The number of hydrogen-bond acceptors (Lipinski definition) is 3. The van der Waals surface area contributed by atoms with Crippen molar-refractivity contribution in [1.29, 1.82) is 0 Å². The van der Waals surface area contributed by atoms with E-state index < -0.39 is 0 Å². The van der Waals surface area contributed by atoms with E-state index in [9.17, 15) is 0 Å². The summed E-state index contributed by atoms with van der Waals surface area (Å²) in [7, 11) is 1.83. The van der Waals surface area contributed by atoms with E-state index in [0.717, 1.165) is 29.2 Å². The number of halogens is 1. The van der Waals surface area contributed by atoms with Crippen LogP contribution in [0.25, 0.3) is 0 Å². The monoisotopic (exact) mass is 267 g/mol. The lowest BCUT2D eigenvalue weighted by Gasteiger charge is -2.08. The first kappa shape index (κ1) is 13.2. The van der Waals surface area contributed by atoms with Crippen molar-refractivity contribution >= 4 is 11.6 Å². The highest BCUT2D eigenvalue weighted by Gasteiger charge is 2.18. The number of nitrogens with zero attached hydrogens (tertiary/aromatic N) is 2. The quantitative estimate of drug-likeness (QED) is 0.927. The molecule has 0 spiro atoms. The number of rotatable bonds is 4. The van der Waals surface area contributed by atoms with Gasteiger partial charge in [-0.25, -0.2) is 0 Å². The number of furan rings is 1. The van der Waals surface area contributed by atoms with Crippen LogP contribution in [-0.4, -0.2) is 9.78 Å². The van der Waals surface area contributed by atoms with Crippen LogP contribution >= 0.6 is 11.6 Å². The predicted molar refractivity (Wildman–Crippen MR) is 71.7 cm³/mol. The second-order valence-corrected chi connectivity index (χ2v) is 4.80. The lowest BCUT2D eigenvalue weighted by Crippen LogP contribution is -2.13. The zero-order valence-corrected chi connectivity index (χ0v) is 11.7. The van der Waals surface area contributed by atoms with Crippen molar-refractivity contribution in [3.8, 4) is 0 Å². The highest BCUT2D eigenvalue weighted by Crippen LogP contribution is 2.25. The molecular formula is C13H18ClN3O. The van der Waals surface area contributed by atoms with Gasteiger partial charge in [0.1, 0.15) is 16.7 Å². The molecule has 0 bridgehead atoms. The van der Waals surface area contributed by atoms with Gasteiger partial charge >= 0.3 is 0 Å². The van der Waals surface area contributed by atoms with Crippen LogP contribution in [0.2, 0.25) is 5.15 Å². The minimum atomic E-state index is -0.189. The molecule has 2 aromatic rings. The molecular weight excluding hydrogens is 250 g/mol. The van der Waals surface area contributed by atoms with Crippen molar-refractivity contribution in [2.75, 3.05) is 0 Å². The summed E-state index contributed by atoms with van der Waals surface area (Å²) in [5.74, 6) is 1.75. The van der Waals surface area contributed by atoms with Gasteiger partial charge < -0.3 is 10.2 Å². The maximum Gasteiger partial charge on any atom is 0.130 e. The Labute approximate surface area is 112 Å². The topological polar surface area (TPSA) is 57.0 Å². The van der Waals surface area contributed by atoms with E-state index in [1.807, 2.05) is 26.1 Å². The average Bonchev–Trinajstić information content (AvgIpc) is 2.90. The second-order valence-electron chi connectivity index (χ2n) is 4.45. The van der Waals surface area contributed by atoms with Crippen molar-refractivity contribution in [3.05, 3.63) is 40.1 Å². The Morgan fingerprint density at radius 1 is 1.50 bits per heavy atom. The zero-order chi connectivity index (χ0) is 13.3. The highest BCUT2D eigenvalue weighted by molar-refractivity contribution is 6.30. The number of aryl methyl sites for hydroxylation is 3. The first-order valence-corrected chi connectivity index (χ1v) is 6.42. The molecule has 0 aromatic carbocycles. The van der Waals surface area contributed by atoms with E-state index in [2.05, 4.69) is 12.0 Å². The zero-order valence-electron chi connectivity index (χ0n) is 10.9. The normalized spacial score (nSPS) is 12.9. The summed E-state index contributed by atoms with van der Waals surface area (Å²) in [6, 6.07) is 3.71. The number of aromatic nitrogens is 2. The molecule has 2 aromatic heterocycles. The van der Waals surface area contributed by atoms with Gasteiger partial charge in [0.2, 0.25) is 0 Å². The smallest absolute Gasteiger partial charge is 0.130 e. The molecule has 0 saturated heterocycles. The van der Waals surface area contributed by atoms with E-state index in [4.69, 9.17) is 21.8 Å². The van der Waals surface area contributed by atoms with Crippen LogP contribution in [0.4, 0.5) is 0 Å². The van der Waals surface area contributed by atoms with Crippen molar-refractivity contribution in [3.63, 3.8) is 0 Å². The summed E-state index contributed by atoms with van der Waals surface area (Å²) < 4.78 is 7.32. The van der Waals surface area contributed by atoms with Crippen LogP contribution in [0.15, 0.2) is 16.5 Å². The first-order valence-electron chi connectivity index (χ1n) is 6.05. The van der Waals surface area contributed by atoms with Crippen molar-refractivity contribution in [1.82, 2.24) is 9.78 Å². The summed E-state index contributed by atoms with van der Waals surface area (Å²) >= 11 is 6.19. The lowest BCUT2D eigenvalue weighted by atomic mass is 10.1. The molecule has 18 heavy (non-hydrogen) atoms. The van der Waals surface area contributed by atoms with E-state index in [1.165, 1.54) is 0 Å². The van der Waals surface area contributed by atoms with Gasteiger partial charge in [-0.2, -0.15) is 5.10 Å². The van der Waals surface area contributed by atoms with Crippen LogP contribution in [0.5, 0.6) is 0 Å². The van der Waals surface area contributed by atoms with Crippen LogP contribution in [0.3, 0.4) is 0 Å². The van der Waals surface area contributed by atoms with Gasteiger partial charge in [0.05, 0.1) is 11.7 Å². The molecule has 0 amide bonds. The molecule has 2 rings (SSSR count). The standard InChI is InChI=1S/C13H18ClN3O/c1-4-9-5-6-12(18-9)11(15)7-10-8(2)16-17(3)13(10)14/h5-6,11H,4,7,15H2,1-3H3. The highest BCUT2D eigenvalue weighted by atomic mass is 35.5. The number of nitrogens with two attached hydrogens (primary N) is 1. The van der Waals surface area contributed by atoms with E-state index in [-0.39, 0.29) is 6.04 Å². The van der Waals surface area contributed by atoms with Gasteiger partial charge in [-0.3, -0.25) is 4.68 Å². The molecule has 1 atom stereocenters. The minimum Gasteiger partial charge on any atom is -0.464 e. The fraction of sp³-hybridized carbons (Fsp3) is 0.462. The summed E-state index contributed by atoms with van der Waals surface area (Å²) in [6.07, 6.45) is 1.51. The minimum absolute atomic E-state index is 0.189. The lowest BCUT2D eigenvalue weighted by molar-refractivity contribution is 0.434. The van der Waals surface area contributed by atoms with Gasteiger partial charge in [-0.15, -0.1) is 0 Å². The Kier molecular flexibility index (Phi) is 3.78. The van der Waals surface area contributed by atoms with E-state index in [1.54, 1.807) is 4.68 Å². The largest absolute Gasteiger partial charge is 0.464 e. The van der Waals surface area contributed by atoms with Gasteiger partial charge in [0, 0.05) is 19.0 Å². The molecule has 0 aliphatic carbocycles. The third kappa shape index (κ3) is 2.44. The predicted octanol–water partition coefficient (Wildman–Crippen LogP) is 2.78. The van der Waals surface area contributed by atoms with Crippen LogP contribution < -0.4 is 5.73 Å². The Hall–Kier alpha value is -1.26. The molecule has 0 saturated carbocycles.